The molecule has 1 N–H and O–H groups in total. The number of ether oxygens (including phenoxy) is 2. The molecule has 154 valence electrons. The van der Waals surface area contributed by atoms with Gasteiger partial charge >= 0.3 is 5.97 Å². The standard InChI is InChI=1S/C21H24N2O6/c1-13(2)19(22-20(24)15-8-10-18(28-4)11-9-15)21(25)29-14(3)16-6-5-7-17(12-16)23(26)27/h5-14,19H,1-4H3,(H,22,24)/t14-,19-/m0/s1. The first-order valence-electron chi connectivity index (χ1n) is 9.12. The molecule has 1 amide bonds. The molecule has 0 aliphatic carbocycles. The van der Waals surface area contributed by atoms with Gasteiger partial charge in [0.1, 0.15) is 17.9 Å². The lowest BCUT2D eigenvalue weighted by atomic mass is 10.0. The van der Waals surface area contributed by atoms with Crippen LogP contribution in [0.5, 0.6) is 5.75 Å². The second-order valence-corrected chi connectivity index (χ2v) is 6.85. The van der Waals surface area contributed by atoms with Crippen molar-refractivity contribution in [3.8, 4) is 5.75 Å². The number of nitro benzene ring substituents is 1. The van der Waals surface area contributed by atoms with E-state index < -0.39 is 28.9 Å². The number of carbonyl (C=O) groups is 2. The van der Waals surface area contributed by atoms with E-state index in [1.807, 2.05) is 0 Å². The monoisotopic (exact) mass is 400 g/mol. The number of hydrogen-bond donors (Lipinski definition) is 1. The van der Waals surface area contributed by atoms with Gasteiger partial charge < -0.3 is 14.8 Å². The van der Waals surface area contributed by atoms with E-state index >= 15 is 0 Å². The Morgan fingerprint density at radius 1 is 1.07 bits per heavy atom. The quantitative estimate of drug-likeness (QED) is 0.412. The van der Waals surface area contributed by atoms with Crippen molar-refractivity contribution in [1.82, 2.24) is 5.32 Å². The molecule has 0 spiro atoms. The van der Waals surface area contributed by atoms with Crippen LogP contribution in [0.25, 0.3) is 0 Å². The normalized spacial score (nSPS) is 12.7. The molecule has 0 aliphatic heterocycles. The number of benzene rings is 2. The highest BCUT2D eigenvalue weighted by molar-refractivity contribution is 5.97. The highest BCUT2D eigenvalue weighted by atomic mass is 16.6. The van der Waals surface area contributed by atoms with Crippen molar-refractivity contribution in [2.24, 2.45) is 5.92 Å². The van der Waals surface area contributed by atoms with Crippen LogP contribution in [0.4, 0.5) is 5.69 Å². The number of non-ortho nitro benzene ring substituents is 1. The Morgan fingerprint density at radius 3 is 2.28 bits per heavy atom. The topological polar surface area (TPSA) is 108 Å². The first-order valence-corrected chi connectivity index (χ1v) is 9.12. The molecule has 8 nitrogen and oxygen atoms in total. The predicted octanol–water partition coefficient (Wildman–Crippen LogP) is 3.66. The van der Waals surface area contributed by atoms with Gasteiger partial charge in [-0.25, -0.2) is 4.79 Å². The Kier molecular flexibility index (Phi) is 7.30. The second kappa shape index (κ2) is 9.68. The molecule has 0 saturated carbocycles. The van der Waals surface area contributed by atoms with E-state index in [-0.39, 0.29) is 11.6 Å². The third-order valence-electron chi connectivity index (χ3n) is 4.40. The minimum Gasteiger partial charge on any atom is -0.497 e. The predicted molar refractivity (Wildman–Crippen MR) is 107 cm³/mol. The number of hydrogen-bond acceptors (Lipinski definition) is 6. The summed E-state index contributed by atoms with van der Waals surface area (Å²) in [5.74, 6) is -0.624. The molecular weight excluding hydrogens is 376 g/mol. The molecule has 8 heteroatoms. The van der Waals surface area contributed by atoms with Gasteiger partial charge in [0.2, 0.25) is 0 Å². The zero-order valence-corrected chi connectivity index (χ0v) is 16.7. The number of carbonyl (C=O) groups excluding carboxylic acids is 2. The van der Waals surface area contributed by atoms with Crippen LogP contribution < -0.4 is 10.1 Å². The Balaban J connectivity index is 2.09. The summed E-state index contributed by atoms with van der Waals surface area (Å²) in [6.07, 6.45) is -0.707. The van der Waals surface area contributed by atoms with Crippen LogP contribution in [0.3, 0.4) is 0 Å². The van der Waals surface area contributed by atoms with E-state index in [0.717, 1.165) is 0 Å². The Bertz CT molecular complexity index is 879. The Morgan fingerprint density at radius 2 is 1.72 bits per heavy atom. The maximum absolute atomic E-state index is 12.7. The number of rotatable bonds is 8. The van der Waals surface area contributed by atoms with Gasteiger partial charge in [-0.3, -0.25) is 14.9 Å². The molecule has 0 aromatic heterocycles. The molecule has 0 bridgehead atoms. The van der Waals surface area contributed by atoms with E-state index in [9.17, 15) is 19.7 Å². The van der Waals surface area contributed by atoms with Crippen LogP contribution in [-0.4, -0.2) is 30.0 Å². The lowest BCUT2D eigenvalue weighted by Crippen LogP contribution is -2.45. The first kappa shape index (κ1) is 21.9. The SMILES string of the molecule is COc1ccc(C(=O)N[C@H](C(=O)O[C@@H](C)c2cccc([N+](=O)[O-])c2)C(C)C)cc1. The van der Waals surface area contributed by atoms with Crippen LogP contribution in [0.1, 0.15) is 42.8 Å². The molecule has 0 radical (unpaired) electrons. The summed E-state index contributed by atoms with van der Waals surface area (Å²) in [6, 6.07) is 11.5. The fourth-order valence-corrected chi connectivity index (χ4v) is 2.67. The van der Waals surface area contributed by atoms with Crippen molar-refractivity contribution in [2.75, 3.05) is 7.11 Å². The molecule has 2 atom stereocenters. The minimum absolute atomic E-state index is 0.0846. The molecule has 2 aromatic carbocycles. The molecule has 2 rings (SSSR count). The lowest BCUT2D eigenvalue weighted by Gasteiger charge is -2.23. The number of esters is 1. The molecule has 0 saturated heterocycles. The molecule has 0 fully saturated rings. The van der Waals surface area contributed by atoms with Crippen LogP contribution in [0.15, 0.2) is 48.5 Å². The third kappa shape index (κ3) is 5.78. The second-order valence-electron chi connectivity index (χ2n) is 6.85. The Hall–Kier alpha value is -3.42. The van der Waals surface area contributed by atoms with Gasteiger partial charge in [-0.15, -0.1) is 0 Å². The van der Waals surface area contributed by atoms with Gasteiger partial charge in [0.25, 0.3) is 11.6 Å². The molecule has 0 heterocycles. The maximum atomic E-state index is 12.7. The highest BCUT2D eigenvalue weighted by Crippen LogP contribution is 2.23. The maximum Gasteiger partial charge on any atom is 0.329 e. The van der Waals surface area contributed by atoms with E-state index in [2.05, 4.69) is 5.32 Å². The highest BCUT2D eigenvalue weighted by Gasteiger charge is 2.28. The van der Waals surface area contributed by atoms with Crippen molar-refractivity contribution < 1.29 is 24.0 Å². The number of methoxy groups -OCH3 is 1. The van der Waals surface area contributed by atoms with E-state index in [1.165, 1.54) is 25.3 Å². The van der Waals surface area contributed by atoms with Gasteiger partial charge in [-0.05, 0) is 42.7 Å². The first-order chi connectivity index (χ1) is 13.7. The number of amides is 1. The van der Waals surface area contributed by atoms with Crippen molar-refractivity contribution in [1.29, 1.82) is 0 Å². The van der Waals surface area contributed by atoms with Crippen LogP contribution in [0.2, 0.25) is 0 Å². The molecule has 2 aromatic rings. The van der Waals surface area contributed by atoms with Crippen molar-refractivity contribution in [2.45, 2.75) is 32.9 Å². The fraction of sp³-hybridized carbons (Fsp3) is 0.333. The summed E-state index contributed by atoms with van der Waals surface area (Å²) >= 11 is 0. The average molecular weight is 400 g/mol. The molecule has 29 heavy (non-hydrogen) atoms. The summed E-state index contributed by atoms with van der Waals surface area (Å²) in [7, 11) is 1.53. The summed E-state index contributed by atoms with van der Waals surface area (Å²) in [5.41, 5.74) is 0.797. The van der Waals surface area contributed by atoms with E-state index in [4.69, 9.17) is 9.47 Å². The zero-order chi connectivity index (χ0) is 21.6. The summed E-state index contributed by atoms with van der Waals surface area (Å²) in [6.45, 7) is 5.20. The van der Waals surface area contributed by atoms with Crippen molar-refractivity contribution in [3.05, 3.63) is 69.8 Å². The van der Waals surface area contributed by atoms with Crippen molar-refractivity contribution >= 4 is 17.6 Å². The van der Waals surface area contributed by atoms with Gasteiger partial charge in [0, 0.05) is 17.7 Å². The molecule has 0 unspecified atom stereocenters. The minimum atomic E-state index is -0.870. The summed E-state index contributed by atoms with van der Waals surface area (Å²) < 4.78 is 10.5. The third-order valence-corrected chi connectivity index (χ3v) is 4.40. The van der Waals surface area contributed by atoms with Crippen LogP contribution in [-0.2, 0) is 9.53 Å². The average Bonchev–Trinajstić information content (AvgIpc) is 2.71. The van der Waals surface area contributed by atoms with Gasteiger partial charge in [-0.2, -0.15) is 0 Å². The lowest BCUT2D eigenvalue weighted by molar-refractivity contribution is -0.385. The fourth-order valence-electron chi connectivity index (χ4n) is 2.67. The smallest absolute Gasteiger partial charge is 0.329 e. The molecular formula is C21H24N2O6. The number of nitrogens with zero attached hydrogens (tertiary/aromatic N) is 1. The number of nitrogens with one attached hydrogen (secondary N) is 1. The van der Waals surface area contributed by atoms with Gasteiger partial charge in [0.15, 0.2) is 0 Å². The summed E-state index contributed by atoms with van der Waals surface area (Å²) in [4.78, 5) is 35.6. The van der Waals surface area contributed by atoms with E-state index in [1.54, 1.807) is 51.1 Å². The van der Waals surface area contributed by atoms with Crippen molar-refractivity contribution in [3.63, 3.8) is 0 Å². The largest absolute Gasteiger partial charge is 0.497 e. The van der Waals surface area contributed by atoms with E-state index in [0.29, 0.717) is 16.9 Å². The molecule has 0 aliphatic rings. The van der Waals surface area contributed by atoms with Crippen LogP contribution >= 0.6 is 0 Å². The Labute approximate surface area is 169 Å². The summed E-state index contributed by atoms with van der Waals surface area (Å²) in [5, 5.41) is 13.6. The van der Waals surface area contributed by atoms with Gasteiger partial charge in [0.05, 0.1) is 12.0 Å². The number of nitro groups is 1. The zero-order valence-electron chi connectivity index (χ0n) is 16.7. The van der Waals surface area contributed by atoms with Gasteiger partial charge in [-0.1, -0.05) is 26.0 Å². The van der Waals surface area contributed by atoms with Crippen LogP contribution in [0, 0.1) is 16.0 Å².